The van der Waals surface area contributed by atoms with Crippen LogP contribution < -0.4 is 21.9 Å². The van der Waals surface area contributed by atoms with E-state index in [1.807, 2.05) is 0 Å². The van der Waals surface area contributed by atoms with Crippen molar-refractivity contribution in [1.82, 2.24) is 4.31 Å². The van der Waals surface area contributed by atoms with Crippen molar-refractivity contribution in [3.63, 3.8) is 0 Å². The molecule has 0 fully saturated rings. The zero-order valence-electron chi connectivity index (χ0n) is 11.9. The standard InChI is InChI=1S/C11H18N6O3S/c1-17(2)21(18,19)9-6-7(4-5-8(9)20-3)15-11(14)16-10(12)13/h4-6H,1-3H3,(H6,12,13,14,15,16). The Balaban J connectivity index is 3.40. The summed E-state index contributed by atoms with van der Waals surface area (Å²) in [4.78, 5) is 7.43. The van der Waals surface area contributed by atoms with Crippen LogP contribution in [0.3, 0.4) is 0 Å². The molecule has 0 amide bonds. The molecule has 0 spiro atoms. The maximum absolute atomic E-state index is 12.2. The van der Waals surface area contributed by atoms with Gasteiger partial charge < -0.3 is 21.9 Å². The molecule has 116 valence electrons. The van der Waals surface area contributed by atoms with Crippen LogP contribution in [-0.2, 0) is 10.0 Å². The third kappa shape index (κ3) is 4.07. The Morgan fingerprint density at radius 1 is 1.24 bits per heavy atom. The first-order chi connectivity index (χ1) is 9.68. The molecular weight excluding hydrogens is 296 g/mol. The Kier molecular flexibility index (Phi) is 5.11. The monoisotopic (exact) mass is 314 g/mol. The summed E-state index contributed by atoms with van der Waals surface area (Å²) in [5.74, 6) is -0.234. The minimum absolute atomic E-state index is 0.0336. The van der Waals surface area contributed by atoms with E-state index < -0.39 is 10.0 Å². The quantitative estimate of drug-likeness (QED) is 0.487. The van der Waals surface area contributed by atoms with Crippen molar-refractivity contribution in [3.05, 3.63) is 18.2 Å². The summed E-state index contributed by atoms with van der Waals surface area (Å²) in [5.41, 5.74) is 16.1. The van der Waals surface area contributed by atoms with Gasteiger partial charge in [0.1, 0.15) is 10.6 Å². The second kappa shape index (κ2) is 6.41. The molecule has 0 aliphatic carbocycles. The molecule has 10 heteroatoms. The average Bonchev–Trinajstić information content (AvgIpc) is 2.37. The van der Waals surface area contributed by atoms with E-state index in [1.165, 1.54) is 39.4 Å². The number of methoxy groups -OCH3 is 1. The van der Waals surface area contributed by atoms with E-state index in [-0.39, 0.29) is 28.3 Å². The molecule has 6 N–H and O–H groups in total. The van der Waals surface area contributed by atoms with Gasteiger partial charge in [0.25, 0.3) is 0 Å². The Bertz CT molecular complexity index is 677. The number of nitrogens with zero attached hydrogens (tertiary/aromatic N) is 3. The molecule has 1 aromatic carbocycles. The Labute approximate surface area is 123 Å². The van der Waals surface area contributed by atoms with Gasteiger partial charge in [-0.3, -0.25) is 0 Å². The van der Waals surface area contributed by atoms with Crippen LogP contribution in [0.4, 0.5) is 5.69 Å². The van der Waals surface area contributed by atoms with Gasteiger partial charge in [0.05, 0.1) is 12.8 Å². The van der Waals surface area contributed by atoms with Crippen molar-refractivity contribution >= 4 is 27.6 Å². The Morgan fingerprint density at radius 2 is 1.86 bits per heavy atom. The summed E-state index contributed by atoms with van der Waals surface area (Å²) in [6.07, 6.45) is 0. The highest BCUT2D eigenvalue weighted by Crippen LogP contribution is 2.29. The molecular formula is C11H18N6O3S. The maximum Gasteiger partial charge on any atom is 0.246 e. The fraction of sp³-hybridized carbons (Fsp3) is 0.273. The van der Waals surface area contributed by atoms with Crippen molar-refractivity contribution < 1.29 is 13.2 Å². The van der Waals surface area contributed by atoms with Crippen molar-refractivity contribution in [2.75, 3.05) is 21.2 Å². The minimum Gasteiger partial charge on any atom is -0.495 e. The molecule has 0 aliphatic rings. The fourth-order valence-electron chi connectivity index (χ4n) is 1.42. The van der Waals surface area contributed by atoms with Crippen molar-refractivity contribution in [1.29, 1.82) is 0 Å². The van der Waals surface area contributed by atoms with Gasteiger partial charge in [-0.2, -0.15) is 4.99 Å². The lowest BCUT2D eigenvalue weighted by atomic mass is 10.3. The third-order valence-electron chi connectivity index (χ3n) is 2.39. The van der Waals surface area contributed by atoms with Crippen LogP contribution in [0.1, 0.15) is 0 Å². The molecule has 0 saturated heterocycles. The fourth-order valence-corrected chi connectivity index (χ4v) is 2.49. The van der Waals surface area contributed by atoms with E-state index in [4.69, 9.17) is 21.9 Å². The first-order valence-corrected chi connectivity index (χ1v) is 7.17. The van der Waals surface area contributed by atoms with Crippen molar-refractivity contribution in [2.24, 2.45) is 27.2 Å². The Morgan fingerprint density at radius 3 is 2.33 bits per heavy atom. The molecule has 1 rings (SSSR count). The van der Waals surface area contributed by atoms with Gasteiger partial charge in [-0.1, -0.05) is 0 Å². The summed E-state index contributed by atoms with van der Waals surface area (Å²) >= 11 is 0. The Hall–Kier alpha value is -2.33. The second-order valence-electron chi connectivity index (χ2n) is 4.13. The summed E-state index contributed by atoms with van der Waals surface area (Å²) in [6, 6.07) is 4.32. The number of rotatable bonds is 4. The zero-order chi connectivity index (χ0) is 16.2. The summed E-state index contributed by atoms with van der Waals surface area (Å²) in [7, 11) is 0.518. The summed E-state index contributed by atoms with van der Waals surface area (Å²) < 4.78 is 30.6. The van der Waals surface area contributed by atoms with E-state index >= 15 is 0 Å². The van der Waals surface area contributed by atoms with Crippen LogP contribution in [0.5, 0.6) is 5.75 Å². The van der Waals surface area contributed by atoms with Gasteiger partial charge in [0.15, 0.2) is 5.96 Å². The van der Waals surface area contributed by atoms with Crippen LogP contribution >= 0.6 is 0 Å². The lowest BCUT2D eigenvalue weighted by Gasteiger charge is -2.14. The number of guanidine groups is 2. The summed E-state index contributed by atoms with van der Waals surface area (Å²) in [6.45, 7) is 0. The van der Waals surface area contributed by atoms with Crippen LogP contribution in [0.25, 0.3) is 0 Å². The molecule has 1 aromatic rings. The second-order valence-corrected chi connectivity index (χ2v) is 6.25. The van der Waals surface area contributed by atoms with Crippen molar-refractivity contribution in [2.45, 2.75) is 4.90 Å². The van der Waals surface area contributed by atoms with Crippen molar-refractivity contribution in [3.8, 4) is 5.75 Å². The molecule has 9 nitrogen and oxygen atoms in total. The topological polar surface area (TPSA) is 149 Å². The molecule has 0 saturated carbocycles. The number of hydrogen-bond donors (Lipinski definition) is 3. The predicted octanol–water partition coefficient (Wildman–Crippen LogP) is -0.835. The predicted molar refractivity (Wildman–Crippen MR) is 81.0 cm³/mol. The third-order valence-corrected chi connectivity index (χ3v) is 4.23. The smallest absolute Gasteiger partial charge is 0.246 e. The van der Waals surface area contributed by atoms with E-state index in [0.717, 1.165) is 4.31 Å². The molecule has 0 unspecified atom stereocenters. The van der Waals surface area contributed by atoms with Crippen LogP contribution in [-0.4, -0.2) is 45.8 Å². The zero-order valence-corrected chi connectivity index (χ0v) is 12.8. The normalized spacial score (nSPS) is 12.3. The number of sulfonamides is 1. The van der Waals surface area contributed by atoms with E-state index in [1.54, 1.807) is 0 Å². The lowest BCUT2D eigenvalue weighted by molar-refractivity contribution is 0.400. The van der Waals surface area contributed by atoms with Crippen LogP contribution in [0.15, 0.2) is 33.1 Å². The maximum atomic E-state index is 12.2. The molecule has 0 atom stereocenters. The molecule has 0 radical (unpaired) electrons. The molecule has 21 heavy (non-hydrogen) atoms. The molecule has 0 bridgehead atoms. The number of hydrogen-bond acceptors (Lipinski definition) is 4. The first-order valence-electron chi connectivity index (χ1n) is 5.73. The van der Waals surface area contributed by atoms with E-state index in [0.29, 0.717) is 0 Å². The number of benzene rings is 1. The highest BCUT2D eigenvalue weighted by molar-refractivity contribution is 7.89. The van der Waals surface area contributed by atoms with E-state index in [9.17, 15) is 8.42 Å². The van der Waals surface area contributed by atoms with Gasteiger partial charge >= 0.3 is 0 Å². The number of nitrogens with two attached hydrogens (primary N) is 3. The van der Waals surface area contributed by atoms with Crippen LogP contribution in [0.2, 0.25) is 0 Å². The van der Waals surface area contributed by atoms with Gasteiger partial charge in [-0.05, 0) is 18.2 Å². The van der Waals surface area contributed by atoms with Gasteiger partial charge in [-0.15, -0.1) is 0 Å². The number of aliphatic imine (C=N–C) groups is 2. The molecule has 0 heterocycles. The lowest BCUT2D eigenvalue weighted by Crippen LogP contribution is -2.26. The first kappa shape index (κ1) is 16.7. The average molecular weight is 314 g/mol. The molecule has 0 aromatic heterocycles. The van der Waals surface area contributed by atoms with E-state index in [2.05, 4.69) is 9.98 Å². The SMILES string of the molecule is COc1ccc(N=C(N)N=C(N)N)cc1S(=O)(=O)N(C)C. The number of ether oxygens (including phenoxy) is 1. The van der Waals surface area contributed by atoms with Gasteiger partial charge in [0.2, 0.25) is 16.0 Å². The largest absolute Gasteiger partial charge is 0.495 e. The van der Waals surface area contributed by atoms with Crippen LogP contribution in [0, 0.1) is 0 Å². The highest BCUT2D eigenvalue weighted by atomic mass is 32.2. The minimum atomic E-state index is -3.69. The highest BCUT2D eigenvalue weighted by Gasteiger charge is 2.22. The van der Waals surface area contributed by atoms with Gasteiger partial charge in [-0.25, -0.2) is 17.7 Å². The molecule has 0 aliphatic heterocycles. The summed E-state index contributed by atoms with van der Waals surface area (Å²) in [5, 5.41) is 0. The van der Waals surface area contributed by atoms with Gasteiger partial charge in [0, 0.05) is 14.1 Å².